The molecular formula is C23H38NO2+. The van der Waals surface area contributed by atoms with Gasteiger partial charge in [0.1, 0.15) is 0 Å². The van der Waals surface area contributed by atoms with Gasteiger partial charge in [0.05, 0.1) is 24.3 Å². The molecule has 3 rings (SSSR count). The number of hydrogen-bond donors (Lipinski definition) is 1. The predicted octanol–water partition coefficient (Wildman–Crippen LogP) is 3.67. The van der Waals surface area contributed by atoms with Crippen molar-refractivity contribution < 1.29 is 14.8 Å². The normalized spacial score (nSPS) is 30.8. The lowest BCUT2D eigenvalue weighted by Gasteiger charge is -2.45. The third kappa shape index (κ3) is 5.09. The number of ether oxygens (including phenoxy) is 2. The first-order valence-corrected chi connectivity index (χ1v) is 10.5. The highest BCUT2D eigenvalue weighted by Gasteiger charge is 2.42. The number of quaternary nitrogens is 1. The monoisotopic (exact) mass is 360 g/mol. The van der Waals surface area contributed by atoms with Gasteiger partial charge in [0, 0.05) is 31.0 Å². The zero-order valence-electron chi connectivity index (χ0n) is 17.2. The molecular weight excluding hydrogens is 322 g/mol. The van der Waals surface area contributed by atoms with E-state index in [0.29, 0.717) is 0 Å². The van der Waals surface area contributed by atoms with Crippen molar-refractivity contribution in [1.82, 2.24) is 0 Å². The van der Waals surface area contributed by atoms with E-state index >= 15 is 0 Å². The van der Waals surface area contributed by atoms with Crippen LogP contribution >= 0.6 is 0 Å². The van der Waals surface area contributed by atoms with Crippen LogP contribution in [-0.2, 0) is 14.9 Å². The Labute approximate surface area is 159 Å². The molecule has 1 aromatic rings. The summed E-state index contributed by atoms with van der Waals surface area (Å²) in [6, 6.07) is 11.1. The Kier molecular flexibility index (Phi) is 6.11. The molecule has 2 heterocycles. The molecule has 0 aliphatic carbocycles. The van der Waals surface area contributed by atoms with Crippen molar-refractivity contribution in [2.75, 3.05) is 26.3 Å². The van der Waals surface area contributed by atoms with Crippen LogP contribution in [0.2, 0.25) is 0 Å². The summed E-state index contributed by atoms with van der Waals surface area (Å²) in [7, 11) is 0. The van der Waals surface area contributed by atoms with Crippen LogP contribution in [0.3, 0.4) is 0 Å². The van der Waals surface area contributed by atoms with E-state index in [9.17, 15) is 0 Å². The second-order valence-electron chi connectivity index (χ2n) is 9.71. The van der Waals surface area contributed by atoms with Crippen molar-refractivity contribution in [3.8, 4) is 0 Å². The molecule has 146 valence electrons. The van der Waals surface area contributed by atoms with E-state index in [1.807, 2.05) is 0 Å². The Hall–Kier alpha value is -0.900. The fraction of sp³-hybridized carbons (Fsp3) is 0.739. The van der Waals surface area contributed by atoms with Gasteiger partial charge in [-0.05, 0) is 58.9 Å². The van der Waals surface area contributed by atoms with Crippen molar-refractivity contribution in [2.45, 2.75) is 76.4 Å². The van der Waals surface area contributed by atoms with E-state index in [1.165, 1.54) is 37.9 Å². The summed E-state index contributed by atoms with van der Waals surface area (Å²) in [5.41, 5.74) is 1.79. The second-order valence-corrected chi connectivity index (χ2v) is 9.71. The van der Waals surface area contributed by atoms with Crippen molar-refractivity contribution in [1.29, 1.82) is 0 Å². The summed E-state index contributed by atoms with van der Waals surface area (Å²) < 4.78 is 11.9. The minimum atomic E-state index is -0.0289. The van der Waals surface area contributed by atoms with Gasteiger partial charge in [0.2, 0.25) is 0 Å². The molecule has 1 aromatic carbocycles. The minimum absolute atomic E-state index is 0.0289. The van der Waals surface area contributed by atoms with Crippen LogP contribution in [0.15, 0.2) is 30.3 Å². The number of benzene rings is 1. The molecule has 0 amide bonds. The summed E-state index contributed by atoms with van der Waals surface area (Å²) in [6.45, 7) is 13.2. The summed E-state index contributed by atoms with van der Waals surface area (Å²) in [5.74, 6) is 0.789. The summed E-state index contributed by atoms with van der Waals surface area (Å²) >= 11 is 0. The maximum Gasteiger partial charge on any atom is 0.0785 e. The zero-order chi connectivity index (χ0) is 18.7. The quantitative estimate of drug-likeness (QED) is 0.786. The first kappa shape index (κ1) is 19.9. The highest BCUT2D eigenvalue weighted by atomic mass is 16.5. The van der Waals surface area contributed by atoms with Gasteiger partial charge < -0.3 is 14.8 Å². The van der Waals surface area contributed by atoms with Crippen LogP contribution in [0.4, 0.5) is 0 Å². The van der Waals surface area contributed by atoms with Gasteiger partial charge in [-0.2, -0.15) is 0 Å². The lowest BCUT2D eigenvalue weighted by molar-refractivity contribution is -0.662. The van der Waals surface area contributed by atoms with E-state index in [-0.39, 0.29) is 16.6 Å². The fourth-order valence-corrected chi connectivity index (χ4v) is 5.16. The third-order valence-electron chi connectivity index (χ3n) is 6.35. The lowest BCUT2D eigenvalue weighted by Crippen LogP contribution is -2.86. The second kappa shape index (κ2) is 8.00. The molecule has 0 aromatic heterocycles. The molecule has 2 N–H and O–H groups in total. The molecule has 0 saturated carbocycles. The largest absolute Gasteiger partial charge is 0.376 e. The van der Waals surface area contributed by atoms with Crippen LogP contribution in [0, 0.1) is 5.92 Å². The standard InChI is InChI=1S/C23H37NO2/c1-21(2)16-19(10-14-25-21)17-24-13-11-23(20-8-6-5-7-9-20)12-15-26-22(3,4)18-23/h5-9,19,24H,10-18H2,1-4H3/p+1/t19-,23-/m1/s1. The molecule has 2 saturated heterocycles. The number of rotatable bonds is 6. The molecule has 0 spiro atoms. The maximum absolute atomic E-state index is 6.04. The van der Waals surface area contributed by atoms with Crippen LogP contribution in [0.25, 0.3) is 0 Å². The average molecular weight is 361 g/mol. The Bertz CT molecular complexity index is 569. The maximum atomic E-state index is 6.04. The Morgan fingerprint density at radius 3 is 2.42 bits per heavy atom. The zero-order valence-corrected chi connectivity index (χ0v) is 17.2. The molecule has 0 bridgehead atoms. The Balaban J connectivity index is 1.59. The van der Waals surface area contributed by atoms with Gasteiger partial charge in [0.15, 0.2) is 0 Å². The Morgan fingerprint density at radius 2 is 1.73 bits per heavy atom. The summed E-state index contributed by atoms with van der Waals surface area (Å²) in [4.78, 5) is 0. The van der Waals surface area contributed by atoms with Gasteiger partial charge >= 0.3 is 0 Å². The predicted molar refractivity (Wildman–Crippen MR) is 106 cm³/mol. The molecule has 0 unspecified atom stereocenters. The molecule has 26 heavy (non-hydrogen) atoms. The van der Waals surface area contributed by atoms with Gasteiger partial charge in [-0.1, -0.05) is 30.3 Å². The highest BCUT2D eigenvalue weighted by Crippen LogP contribution is 2.43. The topological polar surface area (TPSA) is 35.1 Å². The molecule has 3 heteroatoms. The lowest BCUT2D eigenvalue weighted by atomic mass is 9.67. The van der Waals surface area contributed by atoms with E-state index < -0.39 is 0 Å². The van der Waals surface area contributed by atoms with E-state index in [2.05, 4.69) is 63.3 Å². The van der Waals surface area contributed by atoms with Crippen LogP contribution < -0.4 is 5.32 Å². The average Bonchev–Trinajstić information content (AvgIpc) is 2.58. The van der Waals surface area contributed by atoms with Gasteiger partial charge in [-0.3, -0.25) is 0 Å². The van der Waals surface area contributed by atoms with Crippen molar-refractivity contribution in [3.05, 3.63) is 35.9 Å². The SMILES string of the molecule is CC1(C)C[C@H](C[NH2+]CC[C@@]2(c3ccccc3)CCOC(C)(C)C2)CCO1. The molecule has 0 radical (unpaired) electrons. The fourth-order valence-electron chi connectivity index (χ4n) is 5.16. The highest BCUT2D eigenvalue weighted by molar-refractivity contribution is 5.27. The van der Waals surface area contributed by atoms with Crippen molar-refractivity contribution >= 4 is 0 Å². The van der Waals surface area contributed by atoms with Gasteiger partial charge in [0.25, 0.3) is 0 Å². The summed E-state index contributed by atoms with van der Waals surface area (Å²) in [5, 5.41) is 2.55. The van der Waals surface area contributed by atoms with E-state index in [4.69, 9.17) is 9.47 Å². The van der Waals surface area contributed by atoms with Gasteiger partial charge in [-0.15, -0.1) is 0 Å². The van der Waals surface area contributed by atoms with Gasteiger partial charge in [-0.25, -0.2) is 0 Å². The smallest absolute Gasteiger partial charge is 0.0785 e. The van der Waals surface area contributed by atoms with E-state index in [0.717, 1.165) is 32.0 Å². The minimum Gasteiger partial charge on any atom is -0.376 e. The molecule has 2 aliphatic heterocycles. The van der Waals surface area contributed by atoms with Crippen LogP contribution in [0.5, 0.6) is 0 Å². The molecule has 3 nitrogen and oxygen atoms in total. The molecule has 2 fully saturated rings. The van der Waals surface area contributed by atoms with Crippen molar-refractivity contribution in [3.63, 3.8) is 0 Å². The van der Waals surface area contributed by atoms with Crippen LogP contribution in [0.1, 0.15) is 65.4 Å². The molecule has 2 atom stereocenters. The van der Waals surface area contributed by atoms with Crippen LogP contribution in [-0.4, -0.2) is 37.5 Å². The first-order valence-electron chi connectivity index (χ1n) is 10.5. The first-order chi connectivity index (χ1) is 12.3. The summed E-state index contributed by atoms with van der Waals surface area (Å²) in [6.07, 6.45) is 5.88. The Morgan fingerprint density at radius 1 is 1.00 bits per heavy atom. The number of hydrogen-bond acceptors (Lipinski definition) is 2. The third-order valence-corrected chi connectivity index (χ3v) is 6.35. The van der Waals surface area contributed by atoms with Crippen molar-refractivity contribution in [2.24, 2.45) is 5.92 Å². The molecule has 2 aliphatic rings. The number of nitrogens with two attached hydrogens (primary N) is 1. The van der Waals surface area contributed by atoms with E-state index in [1.54, 1.807) is 0 Å².